The number of guanidine groups is 1. The van der Waals surface area contributed by atoms with Gasteiger partial charge in [0, 0.05) is 43.8 Å². The average molecular weight is 396 g/mol. The molecule has 3 rings (SSSR count). The number of rotatable bonds is 8. The number of aromatic amines is 1. The summed E-state index contributed by atoms with van der Waals surface area (Å²) in [6, 6.07) is 13.5. The summed E-state index contributed by atoms with van der Waals surface area (Å²) in [5.41, 5.74) is 4.53. The van der Waals surface area contributed by atoms with Gasteiger partial charge in [-0.15, -0.1) is 0 Å². The fourth-order valence-corrected chi connectivity index (χ4v) is 3.35. The molecule has 0 fully saturated rings. The van der Waals surface area contributed by atoms with E-state index < -0.39 is 0 Å². The van der Waals surface area contributed by atoms with Crippen molar-refractivity contribution < 1.29 is 4.39 Å². The lowest BCUT2D eigenvalue weighted by atomic mass is 10.1. The molecule has 0 aliphatic carbocycles. The minimum atomic E-state index is -0.223. The van der Waals surface area contributed by atoms with Crippen molar-refractivity contribution in [1.82, 2.24) is 20.5 Å². The van der Waals surface area contributed by atoms with E-state index in [0.29, 0.717) is 0 Å². The Morgan fingerprint density at radius 2 is 1.97 bits per heavy atom. The standard InChI is InChI=1S/C23H30FN5/c1-4-29(3)16-18-7-5-6-17(12-18)14-28-23(25-2)26-11-10-19-15-27-22-13-20(24)8-9-21(19)22/h5-9,12-13,15,27H,4,10-11,14,16H2,1-3H3,(H2,25,26,28). The smallest absolute Gasteiger partial charge is 0.191 e. The minimum Gasteiger partial charge on any atom is -0.361 e. The number of nitrogens with one attached hydrogen (secondary N) is 3. The highest BCUT2D eigenvalue weighted by Crippen LogP contribution is 2.19. The quantitative estimate of drug-likeness (QED) is 0.403. The highest BCUT2D eigenvalue weighted by molar-refractivity contribution is 5.83. The van der Waals surface area contributed by atoms with E-state index in [1.165, 1.54) is 23.3 Å². The molecule has 0 saturated heterocycles. The van der Waals surface area contributed by atoms with E-state index in [2.05, 4.69) is 63.7 Å². The number of aromatic nitrogens is 1. The molecule has 0 unspecified atom stereocenters. The summed E-state index contributed by atoms with van der Waals surface area (Å²) in [5, 5.41) is 7.79. The second-order valence-corrected chi connectivity index (χ2v) is 7.26. The van der Waals surface area contributed by atoms with Gasteiger partial charge in [0.05, 0.1) is 0 Å². The normalized spacial score (nSPS) is 12.0. The van der Waals surface area contributed by atoms with Crippen LogP contribution in [0.15, 0.2) is 53.7 Å². The fraction of sp³-hybridized carbons (Fsp3) is 0.348. The predicted molar refractivity (Wildman–Crippen MR) is 119 cm³/mol. The second-order valence-electron chi connectivity index (χ2n) is 7.26. The van der Waals surface area contributed by atoms with Gasteiger partial charge in [0.2, 0.25) is 0 Å². The van der Waals surface area contributed by atoms with Gasteiger partial charge in [-0.3, -0.25) is 4.99 Å². The number of hydrogen-bond acceptors (Lipinski definition) is 2. The maximum absolute atomic E-state index is 13.3. The number of fused-ring (bicyclic) bond motifs is 1. The Labute approximate surface area is 172 Å². The third-order valence-electron chi connectivity index (χ3n) is 5.08. The molecule has 0 amide bonds. The highest BCUT2D eigenvalue weighted by atomic mass is 19.1. The summed E-state index contributed by atoms with van der Waals surface area (Å²) < 4.78 is 13.3. The maximum Gasteiger partial charge on any atom is 0.191 e. The van der Waals surface area contributed by atoms with Crippen LogP contribution in [0.5, 0.6) is 0 Å². The Kier molecular flexibility index (Phi) is 7.25. The molecule has 5 nitrogen and oxygen atoms in total. The monoisotopic (exact) mass is 395 g/mol. The number of benzene rings is 2. The first-order chi connectivity index (χ1) is 14.1. The van der Waals surface area contributed by atoms with Gasteiger partial charge in [-0.1, -0.05) is 31.2 Å². The zero-order valence-corrected chi connectivity index (χ0v) is 17.4. The largest absolute Gasteiger partial charge is 0.361 e. The van der Waals surface area contributed by atoms with Crippen LogP contribution in [0.2, 0.25) is 0 Å². The third-order valence-corrected chi connectivity index (χ3v) is 5.08. The molecule has 0 bridgehead atoms. The molecule has 1 aromatic heterocycles. The molecule has 2 aromatic carbocycles. The van der Waals surface area contributed by atoms with E-state index >= 15 is 0 Å². The van der Waals surface area contributed by atoms with Crippen LogP contribution in [0.3, 0.4) is 0 Å². The topological polar surface area (TPSA) is 55.4 Å². The molecule has 3 N–H and O–H groups in total. The van der Waals surface area contributed by atoms with Crippen LogP contribution >= 0.6 is 0 Å². The minimum absolute atomic E-state index is 0.223. The second kappa shape index (κ2) is 10.1. The first-order valence-corrected chi connectivity index (χ1v) is 10.1. The average Bonchev–Trinajstić information content (AvgIpc) is 3.12. The Balaban J connectivity index is 1.50. The van der Waals surface area contributed by atoms with Gasteiger partial charge >= 0.3 is 0 Å². The van der Waals surface area contributed by atoms with Crippen molar-refractivity contribution in [3.63, 3.8) is 0 Å². The zero-order valence-electron chi connectivity index (χ0n) is 17.4. The lowest BCUT2D eigenvalue weighted by Crippen LogP contribution is -2.37. The van der Waals surface area contributed by atoms with Crippen molar-refractivity contribution in [3.8, 4) is 0 Å². The first kappa shape index (κ1) is 20.9. The van der Waals surface area contributed by atoms with E-state index in [0.717, 1.165) is 55.0 Å². The van der Waals surface area contributed by atoms with Crippen LogP contribution in [0, 0.1) is 5.82 Å². The SMILES string of the molecule is CCN(C)Cc1cccc(CNC(=NC)NCCc2c[nH]c3cc(F)ccc23)c1. The Morgan fingerprint density at radius 3 is 2.76 bits per heavy atom. The highest BCUT2D eigenvalue weighted by Gasteiger charge is 2.06. The molecule has 0 radical (unpaired) electrons. The number of aliphatic imine (C=N–C) groups is 1. The van der Waals surface area contributed by atoms with Crippen molar-refractivity contribution in [1.29, 1.82) is 0 Å². The van der Waals surface area contributed by atoms with Crippen LogP contribution in [0.1, 0.15) is 23.6 Å². The molecule has 0 aliphatic rings. The van der Waals surface area contributed by atoms with E-state index in [-0.39, 0.29) is 5.82 Å². The van der Waals surface area contributed by atoms with Crippen molar-refractivity contribution in [2.75, 3.05) is 27.2 Å². The van der Waals surface area contributed by atoms with E-state index in [4.69, 9.17) is 0 Å². The van der Waals surface area contributed by atoms with Crippen LogP contribution < -0.4 is 10.6 Å². The van der Waals surface area contributed by atoms with Crippen molar-refractivity contribution >= 4 is 16.9 Å². The van der Waals surface area contributed by atoms with Gasteiger partial charge in [-0.2, -0.15) is 0 Å². The Hall–Kier alpha value is -2.86. The first-order valence-electron chi connectivity index (χ1n) is 10.1. The molecule has 154 valence electrons. The van der Waals surface area contributed by atoms with Gasteiger partial charge in [-0.05, 0) is 54.9 Å². The molecule has 3 aromatic rings. The van der Waals surface area contributed by atoms with E-state index in [1.807, 2.05) is 12.3 Å². The summed E-state index contributed by atoms with van der Waals surface area (Å²) in [6.45, 7) is 5.60. The van der Waals surface area contributed by atoms with Crippen LogP contribution in [-0.4, -0.2) is 43.0 Å². The predicted octanol–water partition coefficient (Wildman–Crippen LogP) is 3.67. The maximum atomic E-state index is 13.3. The molecule has 0 aliphatic heterocycles. The third kappa shape index (κ3) is 5.81. The van der Waals surface area contributed by atoms with Crippen molar-refractivity contribution in [3.05, 3.63) is 71.2 Å². The Morgan fingerprint density at radius 1 is 1.14 bits per heavy atom. The molecular formula is C23H30FN5. The fourth-order valence-electron chi connectivity index (χ4n) is 3.35. The summed E-state index contributed by atoms with van der Waals surface area (Å²) in [4.78, 5) is 9.73. The summed E-state index contributed by atoms with van der Waals surface area (Å²) in [7, 11) is 3.90. The van der Waals surface area contributed by atoms with Crippen LogP contribution in [0.4, 0.5) is 4.39 Å². The van der Waals surface area contributed by atoms with Crippen LogP contribution in [-0.2, 0) is 19.5 Å². The summed E-state index contributed by atoms with van der Waals surface area (Å²) in [6.07, 6.45) is 2.77. The van der Waals surface area contributed by atoms with Gasteiger partial charge in [-0.25, -0.2) is 4.39 Å². The molecule has 0 saturated carbocycles. The lowest BCUT2D eigenvalue weighted by molar-refractivity contribution is 0.345. The number of halogens is 1. The number of nitrogens with zero attached hydrogens (tertiary/aromatic N) is 2. The van der Waals surface area contributed by atoms with Gasteiger partial charge < -0.3 is 20.5 Å². The van der Waals surface area contributed by atoms with E-state index in [9.17, 15) is 4.39 Å². The molecule has 1 heterocycles. The van der Waals surface area contributed by atoms with Crippen LogP contribution in [0.25, 0.3) is 10.9 Å². The van der Waals surface area contributed by atoms with Crippen molar-refractivity contribution in [2.45, 2.75) is 26.4 Å². The molecule has 29 heavy (non-hydrogen) atoms. The molecule has 0 spiro atoms. The van der Waals surface area contributed by atoms with Gasteiger partial charge in [0.15, 0.2) is 5.96 Å². The summed E-state index contributed by atoms with van der Waals surface area (Å²) in [5.74, 6) is 0.547. The molecular weight excluding hydrogens is 365 g/mol. The number of hydrogen-bond donors (Lipinski definition) is 3. The van der Waals surface area contributed by atoms with E-state index in [1.54, 1.807) is 7.05 Å². The zero-order chi connectivity index (χ0) is 20.6. The van der Waals surface area contributed by atoms with Gasteiger partial charge in [0.1, 0.15) is 5.82 Å². The van der Waals surface area contributed by atoms with Crippen molar-refractivity contribution in [2.24, 2.45) is 4.99 Å². The Bertz CT molecular complexity index is 963. The number of H-pyrrole nitrogens is 1. The van der Waals surface area contributed by atoms with Gasteiger partial charge in [0.25, 0.3) is 0 Å². The lowest BCUT2D eigenvalue weighted by Gasteiger charge is -2.15. The summed E-state index contributed by atoms with van der Waals surface area (Å²) >= 11 is 0. The molecule has 6 heteroatoms. The molecule has 0 atom stereocenters.